The molecular formula is C49H45BrF6N2. The van der Waals surface area contributed by atoms with Crippen LogP contribution < -0.4 is 10.6 Å². The van der Waals surface area contributed by atoms with Gasteiger partial charge >= 0.3 is 12.4 Å². The van der Waals surface area contributed by atoms with Crippen LogP contribution in [-0.2, 0) is 12.4 Å². The predicted octanol–water partition coefficient (Wildman–Crippen LogP) is 13.8. The minimum absolute atomic E-state index is 0. The van der Waals surface area contributed by atoms with Crippen LogP contribution in [0.5, 0.6) is 0 Å². The van der Waals surface area contributed by atoms with Crippen LogP contribution in [0, 0.1) is 24.2 Å². The van der Waals surface area contributed by atoms with Crippen molar-refractivity contribution in [1.82, 2.24) is 10.6 Å². The summed E-state index contributed by atoms with van der Waals surface area (Å²) in [4.78, 5) is 1.88. The Morgan fingerprint density at radius 1 is 0.603 bits per heavy atom. The first-order valence-electron chi connectivity index (χ1n) is 18.0. The van der Waals surface area contributed by atoms with Crippen molar-refractivity contribution in [2.24, 2.45) is 0 Å². The summed E-state index contributed by atoms with van der Waals surface area (Å²) in [5.74, 6) is 7.66. The molecule has 0 aromatic heterocycles. The monoisotopic (exact) mass is 854 g/mol. The largest absolute Gasteiger partial charge is 0.416 e. The number of allylic oxidation sites excluding steroid dienone is 1. The molecule has 6 aromatic carbocycles. The predicted molar refractivity (Wildman–Crippen MR) is 232 cm³/mol. The molecule has 2 N–H and O–H groups in total. The van der Waals surface area contributed by atoms with Gasteiger partial charge in [-0.1, -0.05) is 150 Å². The molecule has 9 heteroatoms. The molecule has 0 unspecified atom stereocenters. The van der Waals surface area contributed by atoms with E-state index in [1.54, 1.807) is 12.1 Å². The minimum atomic E-state index is -4.35. The van der Waals surface area contributed by atoms with Crippen molar-refractivity contribution >= 4 is 37.5 Å². The molecular weight excluding hydrogens is 810 g/mol. The lowest BCUT2D eigenvalue weighted by molar-refractivity contribution is -0.138. The summed E-state index contributed by atoms with van der Waals surface area (Å²) in [5, 5.41) is 11.9. The molecule has 0 saturated heterocycles. The fourth-order valence-electron chi connectivity index (χ4n) is 5.81. The zero-order valence-corrected chi connectivity index (χ0v) is 32.9. The molecule has 0 aliphatic rings. The van der Waals surface area contributed by atoms with Crippen LogP contribution in [0.4, 0.5) is 26.3 Å². The van der Waals surface area contributed by atoms with Gasteiger partial charge in [0.25, 0.3) is 0 Å². The van der Waals surface area contributed by atoms with Gasteiger partial charge in [0.05, 0.1) is 11.1 Å². The van der Waals surface area contributed by atoms with Crippen molar-refractivity contribution in [3.8, 4) is 24.2 Å². The van der Waals surface area contributed by atoms with Crippen LogP contribution in [0.2, 0.25) is 0 Å². The summed E-state index contributed by atoms with van der Waals surface area (Å²) in [7, 11) is 0. The van der Waals surface area contributed by atoms with Crippen molar-refractivity contribution < 1.29 is 26.3 Å². The first kappa shape index (κ1) is 46.8. The highest BCUT2D eigenvalue weighted by Gasteiger charge is 2.31. The lowest BCUT2D eigenvalue weighted by Gasteiger charge is -2.15. The van der Waals surface area contributed by atoms with Crippen molar-refractivity contribution in [3.63, 3.8) is 0 Å². The van der Waals surface area contributed by atoms with Gasteiger partial charge in [0, 0.05) is 36.3 Å². The third kappa shape index (κ3) is 14.4. The molecule has 2 nitrogen and oxygen atoms in total. The molecule has 0 spiro atoms. The van der Waals surface area contributed by atoms with E-state index in [0.717, 1.165) is 30.8 Å². The van der Waals surface area contributed by atoms with E-state index < -0.39 is 23.5 Å². The van der Waals surface area contributed by atoms with Crippen molar-refractivity contribution in [2.75, 3.05) is 13.1 Å². The Labute approximate surface area is 346 Å². The number of hydrogen-bond acceptors (Lipinski definition) is 2. The van der Waals surface area contributed by atoms with E-state index in [-0.39, 0.29) is 19.0 Å². The second kappa shape index (κ2) is 23.0. The Kier molecular flexibility index (Phi) is 18.5. The Hall–Kier alpha value is -5.58. The number of terminal acetylenes is 1. The summed E-state index contributed by atoms with van der Waals surface area (Å²) in [6.07, 6.45) is 1.86. The SMILES string of the molecule is C.C#Cc1cccc(C(F)(F)F)c1.C[C@@H](NC/C=C/Br)c1cccc2ccccc12.C[C@@H](NC/C=C/C#Cc1cccc(C(F)(F)F)c1)c1cccc2ccccc12. The molecule has 300 valence electrons. The van der Waals surface area contributed by atoms with Crippen LogP contribution in [0.1, 0.15) is 66.7 Å². The van der Waals surface area contributed by atoms with Gasteiger partial charge in [-0.2, -0.15) is 26.3 Å². The molecule has 6 rings (SSSR count). The quantitative estimate of drug-likeness (QED) is 0.118. The number of fused-ring (bicyclic) bond motifs is 2. The summed E-state index contributed by atoms with van der Waals surface area (Å²) in [5.41, 5.74) is 1.76. The molecule has 0 amide bonds. The average Bonchev–Trinajstić information content (AvgIpc) is 3.21. The summed E-state index contributed by atoms with van der Waals surface area (Å²) < 4.78 is 74.2. The average molecular weight is 856 g/mol. The number of benzene rings is 6. The highest BCUT2D eigenvalue weighted by Crippen LogP contribution is 2.30. The van der Waals surface area contributed by atoms with E-state index in [2.05, 4.69) is 131 Å². The molecule has 0 saturated carbocycles. The Morgan fingerprint density at radius 3 is 1.52 bits per heavy atom. The number of alkyl halides is 6. The summed E-state index contributed by atoms with van der Waals surface area (Å²) in [6.45, 7) is 5.78. The van der Waals surface area contributed by atoms with Gasteiger partial charge in [-0.3, -0.25) is 0 Å². The highest BCUT2D eigenvalue weighted by atomic mass is 79.9. The van der Waals surface area contributed by atoms with Gasteiger partial charge in [-0.15, -0.1) is 6.42 Å². The lowest BCUT2D eigenvalue weighted by Crippen LogP contribution is -2.18. The number of halogens is 7. The summed E-state index contributed by atoms with van der Waals surface area (Å²) >= 11 is 3.27. The van der Waals surface area contributed by atoms with E-state index in [0.29, 0.717) is 18.2 Å². The summed E-state index contributed by atoms with van der Waals surface area (Å²) in [6, 6.07) is 39.7. The van der Waals surface area contributed by atoms with Crippen LogP contribution in [0.25, 0.3) is 21.5 Å². The van der Waals surface area contributed by atoms with E-state index in [9.17, 15) is 26.3 Å². The second-order valence-corrected chi connectivity index (χ2v) is 13.3. The zero-order chi connectivity index (χ0) is 41.3. The van der Waals surface area contributed by atoms with Crippen molar-refractivity contribution in [1.29, 1.82) is 0 Å². The molecule has 0 heterocycles. The van der Waals surface area contributed by atoms with E-state index in [1.165, 1.54) is 50.9 Å². The molecule has 0 radical (unpaired) electrons. The van der Waals surface area contributed by atoms with Crippen molar-refractivity contribution in [3.05, 3.63) is 190 Å². The molecule has 58 heavy (non-hydrogen) atoms. The first-order chi connectivity index (χ1) is 27.3. The van der Waals surface area contributed by atoms with Gasteiger partial charge in [-0.05, 0) is 94.0 Å². The standard InChI is InChI=1S/C24H20F3N.C15H16BrN.C9H5F3.CH4/c1-18(22-15-8-12-20-11-4-5-14-23(20)22)28-16-6-2-3-9-19-10-7-13-21(17-19)24(25,26)27;1-12(17-11-5-10-16)14-9-4-7-13-6-2-3-8-15(13)14;1-2-7-4-3-5-8(6-7)9(10,11)12;/h2,4-8,10-15,17-18,28H,16H2,1H3;2-10,12,17H,11H2,1H3;1,3-6H;1H4/b6-2+;10-5+;;/t18-;12-;;/m11../s1. The van der Waals surface area contributed by atoms with E-state index in [4.69, 9.17) is 6.42 Å². The highest BCUT2D eigenvalue weighted by molar-refractivity contribution is 9.11. The molecule has 0 aliphatic heterocycles. The third-order valence-electron chi connectivity index (χ3n) is 8.72. The molecule has 0 aliphatic carbocycles. The van der Waals surface area contributed by atoms with Crippen LogP contribution in [0.3, 0.4) is 0 Å². The Morgan fingerprint density at radius 2 is 1.03 bits per heavy atom. The van der Waals surface area contributed by atoms with Gasteiger partial charge in [0.2, 0.25) is 0 Å². The van der Waals surface area contributed by atoms with Crippen LogP contribution in [0.15, 0.2) is 157 Å². The zero-order valence-electron chi connectivity index (χ0n) is 31.3. The maximum Gasteiger partial charge on any atom is 0.416 e. The first-order valence-corrected chi connectivity index (χ1v) is 18.9. The van der Waals surface area contributed by atoms with Gasteiger partial charge < -0.3 is 10.6 Å². The number of rotatable bonds is 8. The molecule has 2 atom stereocenters. The number of nitrogens with one attached hydrogen (secondary N) is 2. The minimum Gasteiger partial charge on any atom is -0.307 e. The van der Waals surface area contributed by atoms with Gasteiger partial charge in [0.15, 0.2) is 0 Å². The van der Waals surface area contributed by atoms with Crippen LogP contribution in [-0.4, -0.2) is 13.1 Å². The molecule has 6 aromatic rings. The Balaban J connectivity index is 0.000000255. The second-order valence-electron chi connectivity index (χ2n) is 12.7. The van der Waals surface area contributed by atoms with Gasteiger partial charge in [-0.25, -0.2) is 0 Å². The number of hydrogen-bond donors (Lipinski definition) is 2. The molecule has 0 bridgehead atoms. The fourth-order valence-corrected chi connectivity index (χ4v) is 6.00. The normalized spacial score (nSPS) is 12.3. The van der Waals surface area contributed by atoms with E-state index in [1.807, 2.05) is 29.3 Å². The lowest BCUT2D eigenvalue weighted by atomic mass is 10.00. The van der Waals surface area contributed by atoms with Crippen molar-refractivity contribution in [2.45, 2.75) is 45.7 Å². The van der Waals surface area contributed by atoms with Crippen LogP contribution >= 0.6 is 15.9 Å². The van der Waals surface area contributed by atoms with Gasteiger partial charge in [0.1, 0.15) is 0 Å². The smallest absolute Gasteiger partial charge is 0.307 e. The third-order valence-corrected chi connectivity index (χ3v) is 9.09. The van der Waals surface area contributed by atoms with E-state index >= 15 is 0 Å². The Bertz CT molecular complexity index is 2370. The fraction of sp³-hybridized carbons (Fsp3) is 0.184. The topological polar surface area (TPSA) is 24.1 Å². The maximum absolute atomic E-state index is 12.7. The maximum atomic E-state index is 12.7. The molecule has 0 fully saturated rings.